The third-order valence-electron chi connectivity index (χ3n) is 2.74. The molecule has 0 atom stereocenters. The van der Waals surface area contributed by atoms with Gasteiger partial charge in [0.05, 0.1) is 10.7 Å². The second-order valence-electron chi connectivity index (χ2n) is 4.06. The number of aromatic carboxylic acids is 1. The summed E-state index contributed by atoms with van der Waals surface area (Å²) in [4.78, 5) is 23.3. The number of halogens is 1. The van der Waals surface area contributed by atoms with E-state index in [9.17, 15) is 9.59 Å². The van der Waals surface area contributed by atoms with Gasteiger partial charge in [0.25, 0.3) is 5.91 Å². The zero-order valence-electron chi connectivity index (χ0n) is 10.8. The highest BCUT2D eigenvalue weighted by Gasteiger charge is 2.21. The SMILES string of the molecule is CCn1cc(Cl)cc1C(=O)Nc1snc(C)c1C(=O)O. The van der Waals surface area contributed by atoms with Crippen LogP contribution in [0.3, 0.4) is 0 Å². The molecule has 0 saturated heterocycles. The van der Waals surface area contributed by atoms with Crippen LogP contribution in [0.1, 0.15) is 33.5 Å². The third kappa shape index (κ3) is 2.68. The highest BCUT2D eigenvalue weighted by molar-refractivity contribution is 7.11. The van der Waals surface area contributed by atoms with E-state index in [1.54, 1.807) is 17.7 Å². The molecule has 0 saturated carbocycles. The van der Waals surface area contributed by atoms with Crippen LogP contribution in [0.5, 0.6) is 0 Å². The molecule has 0 aliphatic carbocycles. The molecule has 1 amide bonds. The highest BCUT2D eigenvalue weighted by atomic mass is 35.5. The van der Waals surface area contributed by atoms with Gasteiger partial charge in [-0.1, -0.05) is 11.6 Å². The number of hydrogen-bond acceptors (Lipinski definition) is 4. The van der Waals surface area contributed by atoms with Crippen molar-refractivity contribution < 1.29 is 14.7 Å². The van der Waals surface area contributed by atoms with Crippen molar-refractivity contribution in [1.82, 2.24) is 8.94 Å². The van der Waals surface area contributed by atoms with Crippen molar-refractivity contribution in [3.05, 3.63) is 34.2 Å². The fourth-order valence-electron chi connectivity index (χ4n) is 1.80. The third-order valence-corrected chi connectivity index (χ3v) is 3.80. The molecule has 0 aliphatic heterocycles. The maximum absolute atomic E-state index is 12.2. The average Bonchev–Trinajstić information content (AvgIpc) is 2.92. The Morgan fingerprint density at radius 1 is 1.55 bits per heavy atom. The van der Waals surface area contributed by atoms with Gasteiger partial charge in [0, 0.05) is 12.7 Å². The minimum atomic E-state index is -1.12. The van der Waals surface area contributed by atoms with Crippen LogP contribution < -0.4 is 5.32 Å². The highest BCUT2D eigenvalue weighted by Crippen LogP contribution is 2.25. The van der Waals surface area contributed by atoms with E-state index in [0.29, 0.717) is 23.0 Å². The van der Waals surface area contributed by atoms with E-state index < -0.39 is 11.9 Å². The van der Waals surface area contributed by atoms with Gasteiger partial charge in [0.15, 0.2) is 0 Å². The Morgan fingerprint density at radius 2 is 2.25 bits per heavy atom. The predicted octanol–water partition coefficient (Wildman–Crippen LogP) is 2.88. The minimum Gasteiger partial charge on any atom is -0.478 e. The van der Waals surface area contributed by atoms with Gasteiger partial charge >= 0.3 is 5.97 Å². The van der Waals surface area contributed by atoms with Crippen molar-refractivity contribution in [2.75, 3.05) is 5.32 Å². The standard InChI is InChI=1S/C12H12ClN3O3S/c1-3-16-5-7(13)4-8(16)10(17)14-11-9(12(18)19)6(2)15-20-11/h4-5H,3H2,1-2H3,(H,14,17)(H,18,19). The molecule has 106 valence electrons. The first kappa shape index (κ1) is 14.5. The van der Waals surface area contributed by atoms with Crippen LogP contribution in [0.4, 0.5) is 5.00 Å². The first-order valence-electron chi connectivity index (χ1n) is 5.80. The lowest BCUT2D eigenvalue weighted by atomic mass is 10.2. The number of hydrogen-bond donors (Lipinski definition) is 2. The number of carboxylic acid groups (broad SMARTS) is 1. The van der Waals surface area contributed by atoms with Crippen molar-refractivity contribution in [3.8, 4) is 0 Å². The number of carbonyl (C=O) groups excluding carboxylic acids is 1. The molecule has 0 spiro atoms. The van der Waals surface area contributed by atoms with Crippen LogP contribution in [-0.2, 0) is 6.54 Å². The number of aryl methyl sites for hydroxylation is 2. The first-order valence-corrected chi connectivity index (χ1v) is 6.95. The number of anilines is 1. The first-order chi connectivity index (χ1) is 9.43. The number of rotatable bonds is 4. The van der Waals surface area contributed by atoms with Crippen LogP contribution in [0, 0.1) is 6.92 Å². The van der Waals surface area contributed by atoms with Crippen molar-refractivity contribution in [1.29, 1.82) is 0 Å². The van der Waals surface area contributed by atoms with E-state index in [4.69, 9.17) is 16.7 Å². The molecule has 20 heavy (non-hydrogen) atoms. The van der Waals surface area contributed by atoms with Crippen LogP contribution in [0.25, 0.3) is 0 Å². The van der Waals surface area contributed by atoms with Crippen molar-refractivity contribution in [3.63, 3.8) is 0 Å². The molecule has 8 heteroatoms. The number of carboxylic acids is 1. The second-order valence-corrected chi connectivity index (χ2v) is 5.27. The Bertz CT molecular complexity index is 678. The molecule has 6 nitrogen and oxygen atoms in total. The Hall–Kier alpha value is -1.86. The summed E-state index contributed by atoms with van der Waals surface area (Å²) in [6.07, 6.45) is 1.65. The average molecular weight is 314 g/mol. The van der Waals surface area contributed by atoms with E-state index in [-0.39, 0.29) is 10.6 Å². The van der Waals surface area contributed by atoms with E-state index in [0.717, 1.165) is 11.5 Å². The number of nitrogens with zero attached hydrogens (tertiary/aromatic N) is 2. The molecule has 2 heterocycles. The Balaban J connectivity index is 2.30. The van der Waals surface area contributed by atoms with Crippen LogP contribution in [0.15, 0.2) is 12.3 Å². The summed E-state index contributed by atoms with van der Waals surface area (Å²) in [7, 11) is 0. The molecule has 0 fully saturated rings. The molecule has 0 aliphatic rings. The maximum atomic E-state index is 12.2. The smallest absolute Gasteiger partial charge is 0.340 e. The molecule has 2 rings (SSSR count). The zero-order valence-corrected chi connectivity index (χ0v) is 12.4. The van der Waals surface area contributed by atoms with Gasteiger partial charge in [-0.15, -0.1) is 0 Å². The fourth-order valence-corrected chi connectivity index (χ4v) is 2.81. The number of aromatic nitrogens is 2. The summed E-state index contributed by atoms with van der Waals surface area (Å²) < 4.78 is 5.63. The Kier molecular flexibility index (Phi) is 4.10. The predicted molar refractivity (Wildman–Crippen MR) is 76.9 cm³/mol. The van der Waals surface area contributed by atoms with Crippen molar-refractivity contribution in [2.45, 2.75) is 20.4 Å². The lowest BCUT2D eigenvalue weighted by molar-refractivity contribution is 0.0697. The Morgan fingerprint density at radius 3 is 2.85 bits per heavy atom. The Labute approximate surface area is 124 Å². The summed E-state index contributed by atoms with van der Waals surface area (Å²) in [5, 5.41) is 12.4. The van der Waals surface area contributed by atoms with E-state index in [1.807, 2.05) is 6.92 Å². The van der Waals surface area contributed by atoms with Crippen molar-refractivity contribution >= 4 is 40.0 Å². The summed E-state index contributed by atoms with van der Waals surface area (Å²) >= 11 is 6.82. The quantitative estimate of drug-likeness (QED) is 0.909. The monoisotopic (exact) mass is 313 g/mol. The summed E-state index contributed by atoms with van der Waals surface area (Å²) in [5.74, 6) is -1.53. The molecule has 2 aromatic heterocycles. The topological polar surface area (TPSA) is 84.2 Å². The van der Waals surface area contributed by atoms with Gasteiger partial charge in [0.2, 0.25) is 0 Å². The molecular formula is C12H12ClN3O3S. The molecule has 0 bridgehead atoms. The van der Waals surface area contributed by atoms with Gasteiger partial charge < -0.3 is 15.0 Å². The van der Waals surface area contributed by atoms with Gasteiger partial charge in [-0.05, 0) is 31.4 Å². The summed E-state index contributed by atoms with van der Waals surface area (Å²) in [5.41, 5.74) is 0.769. The van der Waals surface area contributed by atoms with E-state index in [2.05, 4.69) is 9.69 Å². The van der Waals surface area contributed by atoms with Crippen LogP contribution in [0.2, 0.25) is 5.02 Å². The van der Waals surface area contributed by atoms with Gasteiger partial charge in [-0.3, -0.25) is 4.79 Å². The zero-order chi connectivity index (χ0) is 14.9. The molecule has 2 N–H and O–H groups in total. The summed E-state index contributed by atoms with van der Waals surface area (Å²) in [6, 6.07) is 1.54. The normalized spacial score (nSPS) is 10.6. The number of amides is 1. The van der Waals surface area contributed by atoms with Crippen molar-refractivity contribution in [2.24, 2.45) is 0 Å². The second kappa shape index (κ2) is 5.64. The minimum absolute atomic E-state index is 0.0176. The molecule has 0 aromatic carbocycles. The van der Waals surface area contributed by atoms with Crippen LogP contribution >= 0.6 is 23.1 Å². The molecule has 0 radical (unpaired) electrons. The largest absolute Gasteiger partial charge is 0.478 e. The fraction of sp³-hybridized carbons (Fsp3) is 0.250. The maximum Gasteiger partial charge on any atom is 0.340 e. The number of nitrogens with one attached hydrogen (secondary N) is 1. The van der Waals surface area contributed by atoms with Crippen LogP contribution in [-0.4, -0.2) is 25.9 Å². The van der Waals surface area contributed by atoms with E-state index >= 15 is 0 Å². The lowest BCUT2D eigenvalue weighted by Gasteiger charge is -2.06. The molecule has 0 unspecified atom stereocenters. The van der Waals surface area contributed by atoms with Gasteiger partial charge in [0.1, 0.15) is 16.3 Å². The van der Waals surface area contributed by atoms with Gasteiger partial charge in [-0.25, -0.2) is 4.79 Å². The molecule has 2 aromatic rings. The molecular weight excluding hydrogens is 302 g/mol. The van der Waals surface area contributed by atoms with E-state index in [1.165, 1.54) is 6.07 Å². The van der Waals surface area contributed by atoms with Gasteiger partial charge in [-0.2, -0.15) is 4.37 Å². The summed E-state index contributed by atoms with van der Waals surface area (Å²) in [6.45, 7) is 4.05. The number of carbonyl (C=O) groups is 2. The lowest BCUT2D eigenvalue weighted by Crippen LogP contribution is -2.17.